The average Bonchev–Trinajstić information content (AvgIpc) is 2.46. The minimum absolute atomic E-state index is 0.0632. The molecule has 1 rings (SSSR count). The van der Waals surface area contributed by atoms with Crippen molar-refractivity contribution in [1.29, 1.82) is 0 Å². The number of hydrogen-bond donors (Lipinski definition) is 1. The van der Waals surface area contributed by atoms with Gasteiger partial charge in [0, 0.05) is 26.2 Å². The quantitative estimate of drug-likeness (QED) is 0.836. The first kappa shape index (κ1) is 18.2. The minimum atomic E-state index is -5.08. The van der Waals surface area contributed by atoms with Crippen molar-refractivity contribution in [2.75, 3.05) is 26.2 Å². The van der Waals surface area contributed by atoms with Gasteiger partial charge in [-0.05, 0) is 20.3 Å². The van der Waals surface area contributed by atoms with Crippen molar-refractivity contribution in [2.24, 2.45) is 11.8 Å². The van der Waals surface area contributed by atoms with Gasteiger partial charge in [0.1, 0.15) is 0 Å². The molecule has 0 radical (unpaired) electrons. The summed E-state index contributed by atoms with van der Waals surface area (Å²) in [6, 6.07) is 0. The molecule has 6 nitrogen and oxygen atoms in total. The Bertz CT molecular complexity index is 449. The van der Waals surface area contributed by atoms with Gasteiger partial charge >= 0.3 is 18.1 Å². The molecule has 1 aliphatic rings. The monoisotopic (exact) mass is 324 g/mol. The molecule has 1 aliphatic heterocycles. The van der Waals surface area contributed by atoms with Gasteiger partial charge in [0.15, 0.2) is 0 Å². The van der Waals surface area contributed by atoms with E-state index >= 15 is 0 Å². The molecule has 1 N–H and O–H groups in total. The molecule has 2 atom stereocenters. The molecule has 0 unspecified atom stereocenters. The molecule has 0 aliphatic carbocycles. The number of aliphatic carboxylic acids is 1. The number of rotatable bonds is 4. The number of amides is 2. The molecule has 0 saturated carbocycles. The topological polar surface area (TPSA) is 77.9 Å². The van der Waals surface area contributed by atoms with Gasteiger partial charge in [-0.25, -0.2) is 0 Å². The van der Waals surface area contributed by atoms with Crippen LogP contribution in [0.3, 0.4) is 0 Å². The lowest BCUT2D eigenvalue weighted by Gasteiger charge is -2.37. The van der Waals surface area contributed by atoms with E-state index in [2.05, 4.69) is 0 Å². The van der Waals surface area contributed by atoms with Crippen LogP contribution in [-0.2, 0) is 14.4 Å². The Balaban J connectivity index is 2.97. The van der Waals surface area contributed by atoms with E-state index in [-0.39, 0.29) is 6.42 Å². The molecule has 1 heterocycles. The van der Waals surface area contributed by atoms with Crippen LogP contribution in [0.1, 0.15) is 20.3 Å². The van der Waals surface area contributed by atoms with Crippen molar-refractivity contribution >= 4 is 17.8 Å². The van der Waals surface area contributed by atoms with E-state index < -0.39 is 48.9 Å². The maximum Gasteiger partial charge on any atom is 0.471 e. The summed E-state index contributed by atoms with van der Waals surface area (Å²) in [5, 5.41) is 9.05. The molecule has 2 amide bonds. The summed E-state index contributed by atoms with van der Waals surface area (Å²) in [7, 11) is 0. The first-order valence-corrected chi connectivity index (χ1v) is 6.99. The second-order valence-corrected chi connectivity index (χ2v) is 5.19. The van der Waals surface area contributed by atoms with Crippen molar-refractivity contribution < 1.29 is 32.7 Å². The van der Waals surface area contributed by atoms with Gasteiger partial charge in [-0.15, -0.1) is 0 Å². The molecule has 9 heteroatoms. The van der Waals surface area contributed by atoms with Gasteiger partial charge in [0.25, 0.3) is 0 Å². The van der Waals surface area contributed by atoms with Crippen LogP contribution in [0, 0.1) is 11.8 Å². The van der Waals surface area contributed by atoms with Crippen LogP contribution in [-0.4, -0.2) is 65.0 Å². The molecular weight excluding hydrogens is 305 g/mol. The summed E-state index contributed by atoms with van der Waals surface area (Å²) in [6.07, 6.45) is -5.14. The van der Waals surface area contributed by atoms with Crippen LogP contribution in [0.25, 0.3) is 0 Å². The zero-order valence-corrected chi connectivity index (χ0v) is 12.4. The second-order valence-electron chi connectivity index (χ2n) is 5.19. The number of hydrogen-bond acceptors (Lipinski definition) is 3. The van der Waals surface area contributed by atoms with Crippen molar-refractivity contribution in [2.45, 2.75) is 26.4 Å². The Kier molecular flexibility index (Phi) is 5.78. The Labute approximate surface area is 125 Å². The fourth-order valence-electron chi connectivity index (χ4n) is 2.60. The summed E-state index contributed by atoms with van der Waals surface area (Å²) < 4.78 is 37.6. The largest absolute Gasteiger partial charge is 0.481 e. The van der Waals surface area contributed by atoms with Gasteiger partial charge in [-0.3, -0.25) is 14.4 Å². The number of likely N-dealkylation sites (tertiary alicyclic amines) is 1. The van der Waals surface area contributed by atoms with Crippen LogP contribution < -0.4 is 0 Å². The highest BCUT2D eigenvalue weighted by Crippen LogP contribution is 2.28. The van der Waals surface area contributed by atoms with Crippen LogP contribution in [0.5, 0.6) is 0 Å². The van der Waals surface area contributed by atoms with Crippen LogP contribution in [0.15, 0.2) is 0 Å². The molecule has 22 heavy (non-hydrogen) atoms. The normalized spacial score (nSPS) is 22.3. The third-order valence-corrected chi connectivity index (χ3v) is 3.75. The predicted molar refractivity (Wildman–Crippen MR) is 69.8 cm³/mol. The van der Waals surface area contributed by atoms with E-state index in [0.717, 1.165) is 0 Å². The van der Waals surface area contributed by atoms with Gasteiger partial charge in [-0.1, -0.05) is 0 Å². The van der Waals surface area contributed by atoms with Crippen LogP contribution in [0.4, 0.5) is 13.2 Å². The number of carbonyl (C=O) groups is 3. The fraction of sp³-hybridized carbons (Fsp3) is 0.769. The fourth-order valence-corrected chi connectivity index (χ4v) is 2.60. The van der Waals surface area contributed by atoms with Crippen LogP contribution >= 0.6 is 0 Å². The van der Waals surface area contributed by atoms with Crippen molar-refractivity contribution in [3.63, 3.8) is 0 Å². The second kappa shape index (κ2) is 6.97. The van der Waals surface area contributed by atoms with Crippen molar-refractivity contribution in [1.82, 2.24) is 9.80 Å². The average molecular weight is 324 g/mol. The maximum atomic E-state index is 12.5. The van der Waals surface area contributed by atoms with E-state index in [1.807, 2.05) is 0 Å². The van der Waals surface area contributed by atoms with Crippen LogP contribution in [0.2, 0.25) is 0 Å². The minimum Gasteiger partial charge on any atom is -0.481 e. The van der Waals surface area contributed by atoms with E-state index in [4.69, 9.17) is 5.11 Å². The summed E-state index contributed by atoms with van der Waals surface area (Å²) in [5.41, 5.74) is 0. The van der Waals surface area contributed by atoms with E-state index in [9.17, 15) is 27.6 Å². The summed E-state index contributed by atoms with van der Waals surface area (Å²) in [5.74, 6) is -5.94. The number of piperidine rings is 1. The summed E-state index contributed by atoms with van der Waals surface area (Å²) >= 11 is 0. The molecule has 0 aromatic carbocycles. The van der Waals surface area contributed by atoms with Gasteiger partial charge < -0.3 is 14.9 Å². The Hall–Kier alpha value is -1.80. The highest BCUT2D eigenvalue weighted by atomic mass is 19.4. The molecule has 0 bridgehead atoms. The molecule has 1 saturated heterocycles. The summed E-state index contributed by atoms with van der Waals surface area (Å²) in [6.45, 7) is 3.25. The lowest BCUT2D eigenvalue weighted by Crippen LogP contribution is -2.53. The first-order valence-electron chi connectivity index (χ1n) is 6.99. The SMILES string of the molecule is CCN(CC)C(=O)[C@@H]1C[C@H](C(=O)O)CN(C(=O)C(F)(F)F)C1. The Morgan fingerprint density at radius 3 is 2.05 bits per heavy atom. The standard InChI is InChI=1S/C13H19F3N2O4/c1-3-17(4-2)10(19)8-5-9(11(20)21)7-18(6-8)12(22)13(14,15)16/h8-9H,3-7H2,1-2H3,(H,20,21)/t8-,9+/m1/s1. The van der Waals surface area contributed by atoms with E-state index in [1.54, 1.807) is 13.8 Å². The smallest absolute Gasteiger partial charge is 0.471 e. The first-order chi connectivity index (χ1) is 10.1. The molecule has 0 spiro atoms. The molecule has 0 aromatic rings. The van der Waals surface area contributed by atoms with Gasteiger partial charge in [-0.2, -0.15) is 13.2 Å². The number of nitrogens with zero attached hydrogens (tertiary/aromatic N) is 2. The maximum absolute atomic E-state index is 12.5. The predicted octanol–water partition coefficient (Wildman–Crippen LogP) is 0.966. The van der Waals surface area contributed by atoms with Crippen molar-refractivity contribution in [3.05, 3.63) is 0 Å². The highest BCUT2D eigenvalue weighted by molar-refractivity contribution is 5.85. The lowest BCUT2D eigenvalue weighted by molar-refractivity contribution is -0.189. The number of carboxylic acid groups (broad SMARTS) is 1. The number of halogens is 3. The van der Waals surface area contributed by atoms with Gasteiger partial charge in [0.2, 0.25) is 5.91 Å². The van der Waals surface area contributed by atoms with Gasteiger partial charge in [0.05, 0.1) is 11.8 Å². The number of carboxylic acids is 1. The molecule has 0 aromatic heterocycles. The highest BCUT2D eigenvalue weighted by Gasteiger charge is 2.47. The van der Waals surface area contributed by atoms with E-state index in [1.165, 1.54) is 4.90 Å². The van der Waals surface area contributed by atoms with Crippen molar-refractivity contribution in [3.8, 4) is 0 Å². The zero-order chi connectivity index (χ0) is 17.1. The Morgan fingerprint density at radius 2 is 1.64 bits per heavy atom. The van der Waals surface area contributed by atoms with E-state index in [0.29, 0.717) is 18.0 Å². The molecule has 1 fully saturated rings. The number of carbonyl (C=O) groups excluding carboxylic acids is 2. The zero-order valence-electron chi connectivity index (χ0n) is 12.4. The molecule has 126 valence electrons. The third kappa shape index (κ3) is 4.11. The summed E-state index contributed by atoms with van der Waals surface area (Å²) in [4.78, 5) is 36.6. The molecular formula is C13H19F3N2O4. The third-order valence-electron chi connectivity index (χ3n) is 3.75. The Morgan fingerprint density at radius 1 is 1.14 bits per heavy atom. The lowest BCUT2D eigenvalue weighted by atomic mass is 9.88. The number of alkyl halides is 3.